The van der Waals surface area contributed by atoms with Crippen molar-refractivity contribution in [3.8, 4) is 0 Å². The summed E-state index contributed by atoms with van der Waals surface area (Å²) in [5, 5.41) is 2.93. The highest BCUT2D eigenvalue weighted by molar-refractivity contribution is 5.92. The summed E-state index contributed by atoms with van der Waals surface area (Å²) in [6.45, 7) is 5.01. The number of nitrogens with one attached hydrogen (secondary N) is 1. The van der Waals surface area contributed by atoms with Crippen molar-refractivity contribution in [2.75, 3.05) is 11.9 Å². The molecule has 2 rings (SSSR count). The molecule has 1 amide bonds. The molecule has 4 heteroatoms. The maximum Gasteiger partial charge on any atom is 0.229 e. The Morgan fingerprint density at radius 2 is 1.91 bits per heavy atom. The van der Waals surface area contributed by atoms with Gasteiger partial charge in [0, 0.05) is 18.3 Å². The van der Waals surface area contributed by atoms with Crippen molar-refractivity contribution in [3.05, 3.63) is 65.7 Å². The van der Waals surface area contributed by atoms with Crippen LogP contribution in [0.3, 0.4) is 0 Å². The molecule has 23 heavy (non-hydrogen) atoms. The van der Waals surface area contributed by atoms with E-state index < -0.39 is 0 Å². The Balaban J connectivity index is 2.00. The van der Waals surface area contributed by atoms with Crippen LogP contribution in [0.2, 0.25) is 0 Å². The van der Waals surface area contributed by atoms with Crippen LogP contribution in [0.4, 0.5) is 5.69 Å². The highest BCUT2D eigenvalue weighted by Gasteiger charge is 2.22. The molecular weight excluding hydrogens is 288 g/mol. The van der Waals surface area contributed by atoms with E-state index in [2.05, 4.69) is 5.32 Å². The van der Waals surface area contributed by atoms with Gasteiger partial charge in [0.2, 0.25) is 5.91 Å². The van der Waals surface area contributed by atoms with E-state index in [1.54, 1.807) is 0 Å². The maximum absolute atomic E-state index is 12.4. The van der Waals surface area contributed by atoms with Gasteiger partial charge < -0.3 is 15.8 Å². The average molecular weight is 312 g/mol. The van der Waals surface area contributed by atoms with Crippen molar-refractivity contribution in [3.63, 3.8) is 0 Å². The smallest absolute Gasteiger partial charge is 0.229 e. The van der Waals surface area contributed by atoms with Crippen molar-refractivity contribution in [1.29, 1.82) is 0 Å². The zero-order chi connectivity index (χ0) is 16.7. The predicted molar refractivity (Wildman–Crippen MR) is 92.9 cm³/mol. The van der Waals surface area contributed by atoms with E-state index in [-0.39, 0.29) is 17.9 Å². The number of nitrogens with two attached hydrogens (primary N) is 1. The normalized spacial score (nSPS) is 13.3. The standard InChI is InChI=1S/C19H24N2O2/c1-3-23-13-15-8-7-11-17(12-15)21-19(22)14(2)18(20)16-9-5-4-6-10-16/h4-12,14,18H,3,13,20H2,1-2H3,(H,21,22). The van der Waals surface area contributed by atoms with Crippen LogP contribution >= 0.6 is 0 Å². The topological polar surface area (TPSA) is 64.3 Å². The number of carbonyl (C=O) groups excluding carboxylic acids is 1. The second-order valence-corrected chi connectivity index (χ2v) is 5.55. The first-order chi connectivity index (χ1) is 11.1. The predicted octanol–water partition coefficient (Wildman–Crippen LogP) is 3.50. The molecule has 2 unspecified atom stereocenters. The number of anilines is 1. The molecule has 0 bridgehead atoms. The van der Waals surface area contributed by atoms with E-state index in [9.17, 15) is 4.79 Å². The molecule has 0 aliphatic rings. The lowest BCUT2D eigenvalue weighted by Gasteiger charge is -2.20. The molecule has 0 aromatic heterocycles. The molecule has 0 aliphatic heterocycles. The molecule has 4 nitrogen and oxygen atoms in total. The van der Waals surface area contributed by atoms with Gasteiger partial charge in [-0.3, -0.25) is 4.79 Å². The van der Waals surface area contributed by atoms with E-state index in [1.165, 1.54) is 0 Å². The highest BCUT2D eigenvalue weighted by atomic mass is 16.5. The number of ether oxygens (including phenoxy) is 1. The minimum atomic E-state index is -0.331. The second kappa shape index (κ2) is 8.46. The van der Waals surface area contributed by atoms with Gasteiger partial charge in [-0.1, -0.05) is 49.4 Å². The summed E-state index contributed by atoms with van der Waals surface area (Å²) in [5.41, 5.74) is 8.96. The van der Waals surface area contributed by atoms with E-state index in [4.69, 9.17) is 10.5 Å². The fraction of sp³-hybridized carbons (Fsp3) is 0.316. The van der Waals surface area contributed by atoms with Gasteiger partial charge in [-0.05, 0) is 30.2 Å². The Bertz CT molecular complexity index is 628. The van der Waals surface area contributed by atoms with E-state index in [1.807, 2.05) is 68.4 Å². The van der Waals surface area contributed by atoms with Gasteiger partial charge in [0.05, 0.1) is 12.5 Å². The first-order valence-corrected chi connectivity index (χ1v) is 7.90. The third kappa shape index (κ3) is 4.91. The Kier molecular flexibility index (Phi) is 6.32. The van der Waals surface area contributed by atoms with Gasteiger partial charge in [-0.15, -0.1) is 0 Å². The fourth-order valence-corrected chi connectivity index (χ4v) is 2.34. The molecule has 0 spiro atoms. The van der Waals surface area contributed by atoms with Crippen molar-refractivity contribution in [2.24, 2.45) is 11.7 Å². The van der Waals surface area contributed by atoms with Crippen LogP contribution in [0.15, 0.2) is 54.6 Å². The number of hydrogen-bond acceptors (Lipinski definition) is 3. The Hall–Kier alpha value is -2.17. The van der Waals surface area contributed by atoms with Crippen LogP contribution in [-0.2, 0) is 16.1 Å². The van der Waals surface area contributed by atoms with E-state index in [0.717, 1.165) is 16.8 Å². The summed E-state index contributed by atoms with van der Waals surface area (Å²) >= 11 is 0. The summed E-state index contributed by atoms with van der Waals surface area (Å²) in [6.07, 6.45) is 0. The minimum absolute atomic E-state index is 0.0880. The molecule has 2 atom stereocenters. The van der Waals surface area contributed by atoms with Crippen molar-refractivity contribution in [1.82, 2.24) is 0 Å². The first kappa shape index (κ1) is 17.2. The molecule has 122 valence electrons. The zero-order valence-electron chi connectivity index (χ0n) is 13.7. The fourth-order valence-electron chi connectivity index (χ4n) is 2.34. The maximum atomic E-state index is 12.4. The van der Waals surface area contributed by atoms with Crippen LogP contribution in [0.25, 0.3) is 0 Å². The van der Waals surface area contributed by atoms with Gasteiger partial charge in [0.15, 0.2) is 0 Å². The average Bonchev–Trinajstić information content (AvgIpc) is 2.59. The molecule has 2 aromatic carbocycles. The van der Waals surface area contributed by atoms with Gasteiger partial charge in [-0.25, -0.2) is 0 Å². The monoisotopic (exact) mass is 312 g/mol. The Labute approximate surface area is 137 Å². The molecule has 0 saturated heterocycles. The second-order valence-electron chi connectivity index (χ2n) is 5.55. The third-order valence-electron chi connectivity index (χ3n) is 3.80. The lowest BCUT2D eigenvalue weighted by atomic mass is 9.94. The van der Waals surface area contributed by atoms with E-state index in [0.29, 0.717) is 13.2 Å². The summed E-state index contributed by atoms with van der Waals surface area (Å²) in [5.74, 6) is -0.414. The van der Waals surface area contributed by atoms with Crippen LogP contribution < -0.4 is 11.1 Å². The quantitative estimate of drug-likeness (QED) is 0.822. The number of benzene rings is 2. The van der Waals surface area contributed by atoms with Gasteiger partial charge in [-0.2, -0.15) is 0 Å². The Morgan fingerprint density at radius 1 is 1.17 bits per heavy atom. The number of carbonyl (C=O) groups is 1. The molecule has 3 N–H and O–H groups in total. The van der Waals surface area contributed by atoms with Crippen molar-refractivity contribution >= 4 is 11.6 Å². The molecule has 0 aliphatic carbocycles. The van der Waals surface area contributed by atoms with E-state index >= 15 is 0 Å². The summed E-state index contributed by atoms with van der Waals surface area (Å²) < 4.78 is 5.39. The molecule has 0 radical (unpaired) electrons. The number of amides is 1. The van der Waals surface area contributed by atoms with Gasteiger partial charge in [0.1, 0.15) is 0 Å². The van der Waals surface area contributed by atoms with Crippen LogP contribution in [0.5, 0.6) is 0 Å². The zero-order valence-corrected chi connectivity index (χ0v) is 13.7. The SMILES string of the molecule is CCOCc1cccc(NC(=O)C(C)C(N)c2ccccc2)c1. The molecule has 2 aromatic rings. The van der Waals surface area contributed by atoms with Crippen LogP contribution in [0, 0.1) is 5.92 Å². The first-order valence-electron chi connectivity index (χ1n) is 7.90. The molecular formula is C19H24N2O2. The largest absolute Gasteiger partial charge is 0.377 e. The summed E-state index contributed by atoms with van der Waals surface area (Å²) in [4.78, 5) is 12.4. The highest BCUT2D eigenvalue weighted by Crippen LogP contribution is 2.21. The van der Waals surface area contributed by atoms with Gasteiger partial charge >= 0.3 is 0 Å². The number of rotatable bonds is 7. The van der Waals surface area contributed by atoms with Crippen molar-refractivity contribution in [2.45, 2.75) is 26.5 Å². The lowest BCUT2D eigenvalue weighted by Crippen LogP contribution is -2.30. The Morgan fingerprint density at radius 3 is 2.61 bits per heavy atom. The third-order valence-corrected chi connectivity index (χ3v) is 3.80. The summed E-state index contributed by atoms with van der Waals surface area (Å²) in [7, 11) is 0. The molecule has 0 fully saturated rings. The van der Waals surface area contributed by atoms with Gasteiger partial charge in [0.25, 0.3) is 0 Å². The van der Waals surface area contributed by atoms with Crippen molar-refractivity contribution < 1.29 is 9.53 Å². The van der Waals surface area contributed by atoms with Crippen LogP contribution in [0.1, 0.15) is 31.0 Å². The molecule has 0 heterocycles. The minimum Gasteiger partial charge on any atom is -0.377 e. The number of hydrogen-bond donors (Lipinski definition) is 2. The lowest BCUT2D eigenvalue weighted by molar-refractivity contribution is -0.120. The molecule has 0 saturated carbocycles. The summed E-state index contributed by atoms with van der Waals surface area (Å²) in [6, 6.07) is 17.0. The van der Waals surface area contributed by atoms with Crippen LogP contribution in [-0.4, -0.2) is 12.5 Å².